The molecule has 7 heteroatoms. The van der Waals surface area contributed by atoms with Crippen LogP contribution >= 0.6 is 0 Å². The number of nitrogens with zero attached hydrogens (tertiary/aromatic N) is 1. The second-order valence-corrected chi connectivity index (χ2v) is 7.74. The van der Waals surface area contributed by atoms with Gasteiger partial charge in [-0.1, -0.05) is 44.2 Å². The highest BCUT2D eigenvalue weighted by atomic mass is 16.2. The first-order valence-electron chi connectivity index (χ1n) is 9.99. The quantitative estimate of drug-likeness (QED) is 0.613. The van der Waals surface area contributed by atoms with Crippen molar-refractivity contribution in [3.8, 4) is 0 Å². The molecule has 3 atom stereocenters. The number of nitrogens with one attached hydrogen (secondary N) is 2. The topological polar surface area (TPSA) is 105 Å². The van der Waals surface area contributed by atoms with E-state index >= 15 is 0 Å². The molecule has 2 rings (SSSR count). The summed E-state index contributed by atoms with van der Waals surface area (Å²) in [5, 5.41) is 5.67. The number of likely N-dealkylation sites (tertiary alicyclic amines) is 1. The van der Waals surface area contributed by atoms with Crippen LogP contribution in [0.5, 0.6) is 0 Å². The molecule has 1 heterocycles. The molecule has 1 fully saturated rings. The molecule has 7 nitrogen and oxygen atoms in total. The molecule has 0 aliphatic carbocycles. The summed E-state index contributed by atoms with van der Waals surface area (Å²) in [6, 6.07) is 8.07. The van der Waals surface area contributed by atoms with Crippen LogP contribution < -0.4 is 16.4 Å². The molecule has 0 saturated carbocycles. The van der Waals surface area contributed by atoms with Crippen molar-refractivity contribution < 1.29 is 14.4 Å². The molecule has 3 amide bonds. The summed E-state index contributed by atoms with van der Waals surface area (Å²) in [4.78, 5) is 39.3. The zero-order valence-corrected chi connectivity index (χ0v) is 17.0. The van der Waals surface area contributed by atoms with Crippen LogP contribution in [0.2, 0.25) is 0 Å². The first-order valence-corrected chi connectivity index (χ1v) is 9.99. The zero-order chi connectivity index (χ0) is 20.7. The Morgan fingerprint density at radius 2 is 1.86 bits per heavy atom. The third-order valence-electron chi connectivity index (χ3n) is 5.04. The van der Waals surface area contributed by atoms with Gasteiger partial charge in [-0.25, -0.2) is 0 Å². The molecule has 1 aromatic rings. The number of rotatable bonds is 8. The maximum Gasteiger partial charge on any atom is 0.246 e. The number of hydrogen-bond acceptors (Lipinski definition) is 4. The van der Waals surface area contributed by atoms with E-state index in [4.69, 9.17) is 5.73 Å². The second kappa shape index (κ2) is 10.2. The third-order valence-corrected chi connectivity index (χ3v) is 5.04. The van der Waals surface area contributed by atoms with Gasteiger partial charge in [-0.3, -0.25) is 14.4 Å². The van der Waals surface area contributed by atoms with Crippen LogP contribution in [0.1, 0.15) is 39.2 Å². The fraction of sp³-hybridized carbons (Fsp3) is 0.571. The van der Waals surface area contributed by atoms with Crippen molar-refractivity contribution in [1.29, 1.82) is 0 Å². The van der Waals surface area contributed by atoms with Gasteiger partial charge in [0.2, 0.25) is 17.7 Å². The number of hydrogen-bond donors (Lipinski definition) is 3. The SMILES string of the molecule is CC(C)[C@H](NC(=O)[C@H](C)N)C(=O)N1CCC[C@H]1C(=O)NCCc1ccccc1. The largest absolute Gasteiger partial charge is 0.354 e. The number of benzene rings is 1. The van der Waals surface area contributed by atoms with E-state index in [0.29, 0.717) is 19.5 Å². The smallest absolute Gasteiger partial charge is 0.246 e. The number of carbonyl (C=O) groups excluding carboxylic acids is 3. The molecule has 28 heavy (non-hydrogen) atoms. The van der Waals surface area contributed by atoms with Gasteiger partial charge >= 0.3 is 0 Å². The Kier molecular flexibility index (Phi) is 7.99. The molecule has 0 radical (unpaired) electrons. The van der Waals surface area contributed by atoms with Crippen molar-refractivity contribution in [3.63, 3.8) is 0 Å². The van der Waals surface area contributed by atoms with Gasteiger partial charge in [0.25, 0.3) is 0 Å². The summed E-state index contributed by atoms with van der Waals surface area (Å²) in [6.45, 7) is 6.36. The maximum atomic E-state index is 13.0. The summed E-state index contributed by atoms with van der Waals surface area (Å²) in [7, 11) is 0. The zero-order valence-electron chi connectivity index (χ0n) is 17.0. The first-order chi connectivity index (χ1) is 13.3. The molecule has 0 spiro atoms. The minimum absolute atomic E-state index is 0.0995. The van der Waals surface area contributed by atoms with Gasteiger partial charge in [0, 0.05) is 13.1 Å². The summed E-state index contributed by atoms with van der Waals surface area (Å²) in [5.41, 5.74) is 6.77. The molecular formula is C21H32N4O3. The van der Waals surface area contributed by atoms with Crippen molar-refractivity contribution in [2.24, 2.45) is 11.7 Å². The fourth-order valence-corrected chi connectivity index (χ4v) is 3.37. The molecule has 0 unspecified atom stereocenters. The van der Waals surface area contributed by atoms with Crippen molar-refractivity contribution >= 4 is 17.7 Å². The molecular weight excluding hydrogens is 356 g/mol. The average molecular weight is 389 g/mol. The van der Waals surface area contributed by atoms with Crippen LogP contribution in [0.4, 0.5) is 0 Å². The Hall–Kier alpha value is -2.41. The molecule has 4 N–H and O–H groups in total. The van der Waals surface area contributed by atoms with Gasteiger partial charge < -0.3 is 21.3 Å². The molecule has 154 valence electrons. The van der Waals surface area contributed by atoms with Crippen LogP contribution in [0.15, 0.2) is 30.3 Å². The monoisotopic (exact) mass is 388 g/mol. The van der Waals surface area contributed by atoms with E-state index < -0.39 is 18.1 Å². The molecule has 1 saturated heterocycles. The lowest BCUT2D eigenvalue weighted by atomic mass is 10.0. The Morgan fingerprint density at radius 1 is 1.18 bits per heavy atom. The highest BCUT2D eigenvalue weighted by Crippen LogP contribution is 2.20. The molecule has 1 aliphatic heterocycles. The van der Waals surface area contributed by atoms with Crippen molar-refractivity contribution in [2.45, 2.75) is 58.2 Å². The van der Waals surface area contributed by atoms with Crippen molar-refractivity contribution in [3.05, 3.63) is 35.9 Å². The van der Waals surface area contributed by atoms with E-state index in [9.17, 15) is 14.4 Å². The summed E-state index contributed by atoms with van der Waals surface area (Å²) < 4.78 is 0. The summed E-state index contributed by atoms with van der Waals surface area (Å²) >= 11 is 0. The van der Waals surface area contributed by atoms with Gasteiger partial charge in [-0.15, -0.1) is 0 Å². The Bertz CT molecular complexity index is 675. The number of amides is 3. The predicted octanol–water partition coefficient (Wildman–Crippen LogP) is 0.824. The molecule has 1 aromatic carbocycles. The molecule has 0 bridgehead atoms. The highest BCUT2D eigenvalue weighted by molar-refractivity contribution is 5.93. The van der Waals surface area contributed by atoms with Gasteiger partial charge in [0.15, 0.2) is 0 Å². The molecule has 0 aromatic heterocycles. The standard InChI is InChI=1S/C21H32N4O3/c1-14(2)18(24-19(26)15(3)22)21(28)25-13-7-10-17(25)20(27)23-12-11-16-8-5-4-6-9-16/h4-6,8-9,14-15,17-18H,7,10-13,22H2,1-3H3,(H,23,27)(H,24,26)/t15-,17-,18-/m0/s1. The predicted molar refractivity (Wildman–Crippen MR) is 108 cm³/mol. The fourth-order valence-electron chi connectivity index (χ4n) is 3.37. The Balaban J connectivity index is 1.96. The highest BCUT2D eigenvalue weighted by Gasteiger charge is 2.38. The Labute approximate surface area is 167 Å². The maximum absolute atomic E-state index is 13.0. The van der Waals surface area contributed by atoms with Crippen LogP contribution in [0, 0.1) is 5.92 Å². The van der Waals surface area contributed by atoms with E-state index in [1.165, 1.54) is 0 Å². The minimum Gasteiger partial charge on any atom is -0.354 e. The van der Waals surface area contributed by atoms with Crippen LogP contribution in [0.25, 0.3) is 0 Å². The second-order valence-electron chi connectivity index (χ2n) is 7.74. The van der Waals surface area contributed by atoms with E-state index in [1.807, 2.05) is 44.2 Å². The van der Waals surface area contributed by atoms with Crippen molar-refractivity contribution in [1.82, 2.24) is 15.5 Å². The molecule has 1 aliphatic rings. The minimum atomic E-state index is -0.690. The van der Waals surface area contributed by atoms with Gasteiger partial charge in [-0.05, 0) is 37.7 Å². The van der Waals surface area contributed by atoms with E-state index in [2.05, 4.69) is 10.6 Å². The van der Waals surface area contributed by atoms with Gasteiger partial charge in [0.05, 0.1) is 6.04 Å². The van der Waals surface area contributed by atoms with Crippen LogP contribution in [-0.4, -0.2) is 53.8 Å². The number of carbonyl (C=O) groups is 3. The van der Waals surface area contributed by atoms with Crippen molar-refractivity contribution in [2.75, 3.05) is 13.1 Å². The van der Waals surface area contributed by atoms with E-state index in [0.717, 1.165) is 18.4 Å². The number of nitrogens with two attached hydrogens (primary N) is 1. The lowest BCUT2D eigenvalue weighted by Gasteiger charge is -2.30. The lowest BCUT2D eigenvalue weighted by molar-refractivity contribution is -0.142. The third kappa shape index (κ3) is 5.79. The van der Waals surface area contributed by atoms with Gasteiger partial charge in [-0.2, -0.15) is 0 Å². The van der Waals surface area contributed by atoms with Gasteiger partial charge in [0.1, 0.15) is 12.1 Å². The van der Waals surface area contributed by atoms with E-state index in [1.54, 1.807) is 11.8 Å². The lowest BCUT2D eigenvalue weighted by Crippen LogP contribution is -2.57. The van der Waals surface area contributed by atoms with E-state index in [-0.39, 0.29) is 23.6 Å². The summed E-state index contributed by atoms with van der Waals surface area (Å²) in [5.74, 6) is -0.819. The summed E-state index contributed by atoms with van der Waals surface area (Å²) in [6.07, 6.45) is 2.15. The first kappa shape index (κ1) is 21.9. The Morgan fingerprint density at radius 3 is 2.46 bits per heavy atom. The van der Waals surface area contributed by atoms with Crippen LogP contribution in [0.3, 0.4) is 0 Å². The average Bonchev–Trinajstić information content (AvgIpc) is 3.15. The van der Waals surface area contributed by atoms with Crippen LogP contribution in [-0.2, 0) is 20.8 Å². The normalized spacial score (nSPS) is 18.6.